The maximum absolute atomic E-state index is 12.6. The van der Waals surface area contributed by atoms with Crippen LogP contribution in [0.15, 0.2) is 24.3 Å². The second-order valence-corrected chi connectivity index (χ2v) is 9.69. The van der Waals surface area contributed by atoms with Crippen molar-refractivity contribution < 1.29 is 9.59 Å². The fourth-order valence-electron chi connectivity index (χ4n) is 4.35. The van der Waals surface area contributed by atoms with E-state index < -0.39 is 0 Å². The minimum atomic E-state index is -0.0891. The highest BCUT2D eigenvalue weighted by molar-refractivity contribution is 6.42. The van der Waals surface area contributed by atoms with E-state index in [-0.39, 0.29) is 11.8 Å². The fraction of sp³-hybridized carbons (Fsp3) is 0.583. The van der Waals surface area contributed by atoms with E-state index in [1.54, 1.807) is 23.1 Å². The molecular weight excluding hydrogens is 447 g/mol. The molecule has 2 heterocycles. The van der Waals surface area contributed by atoms with Crippen LogP contribution in [-0.2, 0) is 9.59 Å². The molecule has 0 bridgehead atoms. The van der Waals surface area contributed by atoms with Gasteiger partial charge in [0.05, 0.1) is 10.0 Å². The van der Waals surface area contributed by atoms with Crippen molar-refractivity contribution in [3.8, 4) is 0 Å². The molecule has 0 aromatic heterocycles. The summed E-state index contributed by atoms with van der Waals surface area (Å²) in [6.07, 6.45) is 7.11. The molecular formula is C24H34Cl2N4O2. The highest BCUT2D eigenvalue weighted by atomic mass is 35.5. The SMILES string of the molecule is CN(C)C1CCCN(CCCN2CCN(C(=O)C=Cc3ccc(Cl)c(Cl)c3)CCC2=O)C1. The molecule has 1 unspecified atom stereocenters. The van der Waals surface area contributed by atoms with Gasteiger partial charge in [0.1, 0.15) is 0 Å². The van der Waals surface area contributed by atoms with Gasteiger partial charge < -0.3 is 19.6 Å². The topological polar surface area (TPSA) is 47.1 Å². The molecule has 176 valence electrons. The lowest BCUT2D eigenvalue weighted by Gasteiger charge is -2.36. The van der Waals surface area contributed by atoms with Gasteiger partial charge in [0.25, 0.3) is 0 Å². The van der Waals surface area contributed by atoms with Gasteiger partial charge in [0.15, 0.2) is 0 Å². The Kier molecular flexibility index (Phi) is 9.41. The Labute approximate surface area is 201 Å². The van der Waals surface area contributed by atoms with E-state index in [2.05, 4.69) is 23.9 Å². The zero-order chi connectivity index (χ0) is 23.1. The van der Waals surface area contributed by atoms with Crippen LogP contribution in [0.2, 0.25) is 10.0 Å². The van der Waals surface area contributed by atoms with Gasteiger partial charge in [-0.25, -0.2) is 0 Å². The third-order valence-corrected chi connectivity index (χ3v) is 7.11. The van der Waals surface area contributed by atoms with E-state index in [0.717, 1.165) is 38.2 Å². The van der Waals surface area contributed by atoms with Crippen molar-refractivity contribution in [2.45, 2.75) is 31.7 Å². The number of rotatable bonds is 7. The number of likely N-dealkylation sites (N-methyl/N-ethyl adjacent to an activating group) is 1. The zero-order valence-corrected chi connectivity index (χ0v) is 20.6. The summed E-state index contributed by atoms with van der Waals surface area (Å²) in [6, 6.07) is 5.88. The van der Waals surface area contributed by atoms with Gasteiger partial charge in [-0.15, -0.1) is 0 Å². The van der Waals surface area contributed by atoms with E-state index in [1.165, 1.54) is 18.9 Å². The van der Waals surface area contributed by atoms with Crippen molar-refractivity contribution in [2.24, 2.45) is 0 Å². The molecule has 2 saturated heterocycles. The molecule has 2 aliphatic heterocycles. The van der Waals surface area contributed by atoms with E-state index in [0.29, 0.717) is 42.1 Å². The van der Waals surface area contributed by atoms with Gasteiger partial charge in [0, 0.05) is 51.3 Å². The van der Waals surface area contributed by atoms with Crippen molar-refractivity contribution >= 4 is 41.1 Å². The molecule has 2 fully saturated rings. The number of nitrogens with zero attached hydrogens (tertiary/aromatic N) is 4. The van der Waals surface area contributed by atoms with E-state index in [4.69, 9.17) is 23.2 Å². The van der Waals surface area contributed by atoms with Crippen LogP contribution in [0.4, 0.5) is 0 Å². The standard InChI is InChI=1S/C24H34Cl2N4O2/c1-27(2)20-5-3-11-28(18-20)12-4-13-29-15-16-30(14-10-24(29)32)23(31)9-7-19-6-8-21(25)22(26)17-19/h6-9,17,20H,3-5,10-16,18H2,1-2H3. The molecule has 2 aliphatic rings. The van der Waals surface area contributed by atoms with Gasteiger partial charge in [-0.1, -0.05) is 29.3 Å². The summed E-state index contributed by atoms with van der Waals surface area (Å²) in [6.45, 7) is 5.62. The number of likely N-dealkylation sites (tertiary alicyclic amines) is 1. The molecule has 0 radical (unpaired) electrons. The Morgan fingerprint density at radius 1 is 1.12 bits per heavy atom. The molecule has 3 rings (SSSR count). The lowest BCUT2D eigenvalue weighted by Crippen LogP contribution is -2.46. The van der Waals surface area contributed by atoms with E-state index in [9.17, 15) is 9.59 Å². The van der Waals surface area contributed by atoms with Gasteiger partial charge >= 0.3 is 0 Å². The minimum absolute atomic E-state index is 0.0891. The summed E-state index contributed by atoms with van der Waals surface area (Å²) in [5.41, 5.74) is 0.814. The van der Waals surface area contributed by atoms with Crippen molar-refractivity contribution in [1.82, 2.24) is 19.6 Å². The third kappa shape index (κ3) is 7.20. The summed E-state index contributed by atoms with van der Waals surface area (Å²) < 4.78 is 0. The number of halogens is 2. The number of piperidine rings is 1. The van der Waals surface area contributed by atoms with Crippen molar-refractivity contribution in [3.05, 3.63) is 39.9 Å². The monoisotopic (exact) mass is 480 g/mol. The zero-order valence-electron chi connectivity index (χ0n) is 19.1. The summed E-state index contributed by atoms with van der Waals surface area (Å²) in [5.74, 6) is 0.0485. The van der Waals surface area contributed by atoms with Crippen LogP contribution in [0, 0.1) is 0 Å². The lowest BCUT2D eigenvalue weighted by molar-refractivity contribution is -0.130. The largest absolute Gasteiger partial charge is 0.341 e. The Morgan fingerprint density at radius 2 is 1.94 bits per heavy atom. The second-order valence-electron chi connectivity index (χ2n) is 8.88. The van der Waals surface area contributed by atoms with Crippen LogP contribution in [0.1, 0.15) is 31.2 Å². The molecule has 0 aliphatic carbocycles. The Bertz CT molecular complexity index is 830. The predicted octanol–water partition coefficient (Wildman–Crippen LogP) is 3.48. The van der Waals surface area contributed by atoms with Gasteiger partial charge in [0.2, 0.25) is 11.8 Å². The molecule has 1 atom stereocenters. The van der Waals surface area contributed by atoms with Crippen LogP contribution in [0.25, 0.3) is 6.08 Å². The molecule has 1 aromatic rings. The molecule has 6 nitrogen and oxygen atoms in total. The molecule has 32 heavy (non-hydrogen) atoms. The van der Waals surface area contributed by atoms with Crippen LogP contribution in [-0.4, -0.2) is 97.4 Å². The average molecular weight is 481 g/mol. The normalized spacial score (nSPS) is 20.9. The first-order valence-corrected chi connectivity index (χ1v) is 12.2. The Hall–Kier alpha value is -1.60. The average Bonchev–Trinajstić information content (AvgIpc) is 2.96. The number of amides is 2. The van der Waals surface area contributed by atoms with Crippen molar-refractivity contribution in [2.75, 3.05) is 59.9 Å². The van der Waals surface area contributed by atoms with Crippen LogP contribution < -0.4 is 0 Å². The van der Waals surface area contributed by atoms with E-state index in [1.807, 2.05) is 11.0 Å². The first-order chi connectivity index (χ1) is 15.3. The third-order valence-electron chi connectivity index (χ3n) is 6.38. The quantitative estimate of drug-likeness (QED) is 0.560. The van der Waals surface area contributed by atoms with Crippen molar-refractivity contribution in [3.63, 3.8) is 0 Å². The second kappa shape index (κ2) is 12.0. The van der Waals surface area contributed by atoms with Crippen LogP contribution in [0.5, 0.6) is 0 Å². The number of carbonyl (C=O) groups excluding carboxylic acids is 2. The fourth-order valence-corrected chi connectivity index (χ4v) is 4.66. The van der Waals surface area contributed by atoms with Gasteiger partial charge in [-0.2, -0.15) is 0 Å². The van der Waals surface area contributed by atoms with Crippen LogP contribution in [0.3, 0.4) is 0 Å². The maximum Gasteiger partial charge on any atom is 0.246 e. The number of carbonyl (C=O) groups is 2. The summed E-state index contributed by atoms with van der Waals surface area (Å²) in [7, 11) is 4.30. The smallest absolute Gasteiger partial charge is 0.246 e. The molecule has 0 saturated carbocycles. The Balaban J connectivity index is 1.45. The molecule has 8 heteroatoms. The first kappa shape index (κ1) is 25.0. The highest BCUT2D eigenvalue weighted by Gasteiger charge is 2.24. The number of benzene rings is 1. The molecule has 2 amide bonds. The number of hydrogen-bond acceptors (Lipinski definition) is 4. The van der Waals surface area contributed by atoms with Gasteiger partial charge in [-0.3, -0.25) is 9.59 Å². The number of hydrogen-bond donors (Lipinski definition) is 0. The highest BCUT2D eigenvalue weighted by Crippen LogP contribution is 2.23. The predicted molar refractivity (Wildman–Crippen MR) is 131 cm³/mol. The van der Waals surface area contributed by atoms with E-state index >= 15 is 0 Å². The summed E-state index contributed by atoms with van der Waals surface area (Å²) in [4.78, 5) is 33.7. The summed E-state index contributed by atoms with van der Waals surface area (Å²) in [5, 5.41) is 0.943. The molecule has 0 N–H and O–H groups in total. The summed E-state index contributed by atoms with van der Waals surface area (Å²) >= 11 is 12.0. The Morgan fingerprint density at radius 3 is 2.69 bits per heavy atom. The van der Waals surface area contributed by atoms with Crippen molar-refractivity contribution in [1.29, 1.82) is 0 Å². The first-order valence-electron chi connectivity index (χ1n) is 11.4. The molecule has 1 aromatic carbocycles. The lowest BCUT2D eigenvalue weighted by atomic mass is 10.0. The minimum Gasteiger partial charge on any atom is -0.341 e. The van der Waals surface area contributed by atoms with Gasteiger partial charge in [-0.05, 0) is 70.2 Å². The van der Waals surface area contributed by atoms with Crippen LogP contribution >= 0.6 is 23.2 Å². The molecule has 0 spiro atoms. The maximum atomic E-state index is 12.6.